The molecule has 1 aromatic heterocycles. The van der Waals surface area contributed by atoms with Gasteiger partial charge >= 0.3 is 0 Å². The fraction of sp³-hybridized carbons (Fsp3) is 0.235. The molecule has 0 aliphatic carbocycles. The number of hydrogen-bond acceptors (Lipinski definition) is 3. The van der Waals surface area contributed by atoms with Gasteiger partial charge in [-0.1, -0.05) is 12.1 Å². The third-order valence-corrected chi connectivity index (χ3v) is 3.56. The normalized spacial score (nSPS) is 11.0. The Bertz CT molecular complexity index is 792. The van der Waals surface area contributed by atoms with Crippen molar-refractivity contribution in [2.45, 2.75) is 0 Å². The topological polar surface area (TPSA) is 31.4 Å². The number of nitrogens with zero attached hydrogens (tertiary/aromatic N) is 1. The largest absolute Gasteiger partial charge is 0.492 e. The summed E-state index contributed by atoms with van der Waals surface area (Å²) in [6.45, 7) is 0.935. The molecule has 0 aliphatic rings. The maximum atomic E-state index is 5.69. The highest BCUT2D eigenvalue weighted by Crippen LogP contribution is 2.28. The van der Waals surface area contributed by atoms with Crippen molar-refractivity contribution < 1.29 is 9.47 Å². The summed E-state index contributed by atoms with van der Waals surface area (Å²) in [6.07, 6.45) is 0. The molecular formula is C17H15Cl2NO2. The Kier molecular flexibility index (Phi) is 4.86. The molecule has 0 N–H and O–H groups in total. The van der Waals surface area contributed by atoms with Crippen molar-refractivity contribution in [1.29, 1.82) is 0 Å². The molecule has 5 heteroatoms. The van der Waals surface area contributed by atoms with Crippen LogP contribution in [0.2, 0.25) is 0 Å². The summed E-state index contributed by atoms with van der Waals surface area (Å²) >= 11 is 11.3. The van der Waals surface area contributed by atoms with Gasteiger partial charge < -0.3 is 9.47 Å². The van der Waals surface area contributed by atoms with Crippen molar-refractivity contribution in [1.82, 2.24) is 4.98 Å². The molecule has 0 atom stereocenters. The molecule has 3 aromatic rings. The molecule has 3 nitrogen and oxygen atoms in total. The Morgan fingerprint density at radius 2 is 1.68 bits per heavy atom. The first-order valence-corrected chi connectivity index (χ1v) is 8.10. The van der Waals surface area contributed by atoms with E-state index in [-0.39, 0.29) is 0 Å². The molecule has 0 saturated heterocycles. The minimum atomic E-state index is 0.445. The second-order valence-corrected chi connectivity index (χ2v) is 5.50. The molecule has 0 amide bonds. The Labute approximate surface area is 138 Å². The molecule has 0 saturated carbocycles. The minimum absolute atomic E-state index is 0.445. The molecule has 0 spiro atoms. The summed E-state index contributed by atoms with van der Waals surface area (Å²) in [6, 6.07) is 13.8. The van der Waals surface area contributed by atoms with Crippen molar-refractivity contribution in [3.8, 4) is 11.5 Å². The number of pyridine rings is 1. The zero-order valence-corrected chi connectivity index (χ0v) is 13.4. The average molecular weight is 336 g/mol. The molecule has 114 valence electrons. The molecular weight excluding hydrogens is 321 g/mol. The monoisotopic (exact) mass is 335 g/mol. The predicted molar refractivity (Wildman–Crippen MR) is 91.7 cm³/mol. The summed E-state index contributed by atoms with van der Waals surface area (Å²) in [5.74, 6) is 2.41. The number of para-hydroxylation sites is 1. The number of alkyl halides is 2. The van der Waals surface area contributed by atoms with E-state index in [1.54, 1.807) is 0 Å². The number of fused-ring (bicyclic) bond motifs is 2. The van der Waals surface area contributed by atoms with Crippen LogP contribution in [0.1, 0.15) is 0 Å². The number of halogens is 2. The van der Waals surface area contributed by atoms with Crippen LogP contribution in [0.15, 0.2) is 42.5 Å². The molecule has 3 rings (SSSR count). The van der Waals surface area contributed by atoms with E-state index in [0.29, 0.717) is 25.0 Å². The van der Waals surface area contributed by atoms with E-state index in [1.807, 2.05) is 36.4 Å². The predicted octanol–water partition coefficient (Wildman–Crippen LogP) is 4.62. The van der Waals surface area contributed by atoms with Crippen LogP contribution < -0.4 is 9.47 Å². The summed E-state index contributed by atoms with van der Waals surface area (Å²) in [5, 5.41) is 2.09. The summed E-state index contributed by atoms with van der Waals surface area (Å²) in [5.41, 5.74) is 1.69. The van der Waals surface area contributed by atoms with Crippen molar-refractivity contribution in [2.75, 3.05) is 25.0 Å². The number of ether oxygens (including phenoxy) is 2. The molecule has 22 heavy (non-hydrogen) atoms. The zero-order chi connectivity index (χ0) is 15.4. The maximum Gasteiger partial charge on any atom is 0.145 e. The van der Waals surface area contributed by atoms with E-state index in [0.717, 1.165) is 33.3 Å². The summed E-state index contributed by atoms with van der Waals surface area (Å²) in [7, 11) is 0. The SMILES string of the molecule is ClCCOc1ccc2cc3cccc(OCCCl)c3nc2c1. The minimum Gasteiger partial charge on any atom is -0.492 e. The fourth-order valence-corrected chi connectivity index (χ4v) is 2.47. The number of rotatable bonds is 6. The standard InChI is InChI=1S/C17H15Cl2NO2/c18-6-8-21-14-5-4-12-10-13-2-1-3-16(22-9-7-19)17(13)20-15(12)11-14/h1-5,10-11H,6-9H2. The Hall–Kier alpha value is -1.71. The molecule has 0 radical (unpaired) electrons. The van der Waals surface area contributed by atoms with Crippen LogP contribution in [-0.4, -0.2) is 30.0 Å². The number of benzene rings is 2. The first-order valence-electron chi connectivity index (χ1n) is 7.03. The van der Waals surface area contributed by atoms with Crippen LogP contribution in [0, 0.1) is 0 Å². The van der Waals surface area contributed by atoms with Crippen LogP contribution >= 0.6 is 23.2 Å². The van der Waals surface area contributed by atoms with Gasteiger partial charge in [-0.05, 0) is 24.3 Å². The third kappa shape index (κ3) is 3.21. The highest BCUT2D eigenvalue weighted by atomic mass is 35.5. The van der Waals surface area contributed by atoms with Gasteiger partial charge in [-0.25, -0.2) is 4.98 Å². The molecule has 0 fully saturated rings. The second kappa shape index (κ2) is 7.03. The van der Waals surface area contributed by atoms with E-state index in [4.69, 9.17) is 37.7 Å². The van der Waals surface area contributed by atoms with Gasteiger partial charge in [0.2, 0.25) is 0 Å². The maximum absolute atomic E-state index is 5.69. The second-order valence-electron chi connectivity index (χ2n) is 4.75. The summed E-state index contributed by atoms with van der Waals surface area (Å²) < 4.78 is 11.2. The lowest BCUT2D eigenvalue weighted by Gasteiger charge is -2.09. The number of hydrogen-bond donors (Lipinski definition) is 0. The smallest absolute Gasteiger partial charge is 0.145 e. The quantitative estimate of drug-likeness (QED) is 0.486. The highest BCUT2D eigenvalue weighted by Gasteiger charge is 2.07. The molecule has 0 bridgehead atoms. The van der Waals surface area contributed by atoms with E-state index >= 15 is 0 Å². The van der Waals surface area contributed by atoms with E-state index in [2.05, 4.69) is 6.07 Å². The van der Waals surface area contributed by atoms with Gasteiger partial charge in [-0.3, -0.25) is 0 Å². The van der Waals surface area contributed by atoms with Crippen LogP contribution in [0.4, 0.5) is 0 Å². The van der Waals surface area contributed by atoms with Gasteiger partial charge in [0, 0.05) is 16.8 Å². The fourth-order valence-electron chi connectivity index (χ4n) is 2.32. The lowest BCUT2D eigenvalue weighted by molar-refractivity contribution is 0.343. The van der Waals surface area contributed by atoms with Crippen molar-refractivity contribution >= 4 is 45.0 Å². The molecule has 0 unspecified atom stereocenters. The highest BCUT2D eigenvalue weighted by molar-refractivity contribution is 6.18. The van der Waals surface area contributed by atoms with Gasteiger partial charge in [-0.2, -0.15) is 0 Å². The lowest BCUT2D eigenvalue weighted by atomic mass is 10.1. The van der Waals surface area contributed by atoms with Crippen molar-refractivity contribution in [2.24, 2.45) is 0 Å². The van der Waals surface area contributed by atoms with Crippen molar-refractivity contribution in [3.63, 3.8) is 0 Å². The molecule has 0 aliphatic heterocycles. The Balaban J connectivity index is 2.07. The first kappa shape index (κ1) is 15.2. The average Bonchev–Trinajstić information content (AvgIpc) is 2.56. The van der Waals surface area contributed by atoms with Gasteiger partial charge in [0.15, 0.2) is 0 Å². The lowest BCUT2D eigenvalue weighted by Crippen LogP contribution is -2.00. The Morgan fingerprint density at radius 3 is 2.50 bits per heavy atom. The first-order chi connectivity index (χ1) is 10.8. The number of aromatic nitrogens is 1. The van der Waals surface area contributed by atoms with Gasteiger partial charge in [0.05, 0.1) is 17.3 Å². The van der Waals surface area contributed by atoms with Crippen LogP contribution in [0.3, 0.4) is 0 Å². The van der Waals surface area contributed by atoms with Crippen LogP contribution in [0.5, 0.6) is 11.5 Å². The van der Waals surface area contributed by atoms with Gasteiger partial charge in [-0.15, -0.1) is 23.2 Å². The third-order valence-electron chi connectivity index (χ3n) is 3.26. The van der Waals surface area contributed by atoms with Crippen LogP contribution in [-0.2, 0) is 0 Å². The van der Waals surface area contributed by atoms with Gasteiger partial charge in [0.1, 0.15) is 30.2 Å². The summed E-state index contributed by atoms with van der Waals surface area (Å²) in [4.78, 5) is 4.72. The van der Waals surface area contributed by atoms with Crippen LogP contribution in [0.25, 0.3) is 21.8 Å². The van der Waals surface area contributed by atoms with Crippen molar-refractivity contribution in [3.05, 3.63) is 42.5 Å². The molecule has 1 heterocycles. The van der Waals surface area contributed by atoms with Gasteiger partial charge in [0.25, 0.3) is 0 Å². The van der Waals surface area contributed by atoms with E-state index < -0.39 is 0 Å². The zero-order valence-electron chi connectivity index (χ0n) is 11.9. The Morgan fingerprint density at radius 1 is 0.864 bits per heavy atom. The van der Waals surface area contributed by atoms with E-state index in [9.17, 15) is 0 Å². The van der Waals surface area contributed by atoms with E-state index in [1.165, 1.54) is 0 Å². The molecule has 2 aromatic carbocycles.